The van der Waals surface area contributed by atoms with Crippen molar-refractivity contribution < 1.29 is 4.79 Å². The van der Waals surface area contributed by atoms with Gasteiger partial charge in [-0.05, 0) is 31.6 Å². The van der Waals surface area contributed by atoms with Gasteiger partial charge < -0.3 is 10.2 Å². The minimum atomic E-state index is 0.0198. The van der Waals surface area contributed by atoms with Crippen molar-refractivity contribution in [3.8, 4) is 0 Å². The summed E-state index contributed by atoms with van der Waals surface area (Å²) in [6.45, 7) is 16.7. The normalized spacial score (nSPS) is 18.2. The molecule has 21 heavy (non-hydrogen) atoms. The molecule has 0 saturated carbocycles. The number of rotatable bonds is 8. The van der Waals surface area contributed by atoms with Crippen molar-refractivity contribution in [3.63, 3.8) is 0 Å². The summed E-state index contributed by atoms with van der Waals surface area (Å²) in [5.41, 5.74) is 0. The molecule has 0 aliphatic carbocycles. The molecule has 1 N–H and O–H groups in total. The molecule has 4 nitrogen and oxygen atoms in total. The van der Waals surface area contributed by atoms with Crippen LogP contribution in [0.5, 0.6) is 0 Å². The molecule has 1 heterocycles. The third-order valence-corrected chi connectivity index (χ3v) is 4.32. The predicted molar refractivity (Wildman–Crippen MR) is 89.4 cm³/mol. The molecule has 124 valence electrons. The summed E-state index contributed by atoms with van der Waals surface area (Å²) >= 11 is 0. The van der Waals surface area contributed by atoms with Gasteiger partial charge in [-0.25, -0.2) is 0 Å². The first-order valence-corrected chi connectivity index (χ1v) is 8.65. The molecule has 1 saturated heterocycles. The highest BCUT2D eigenvalue weighted by molar-refractivity contribution is 5.81. The summed E-state index contributed by atoms with van der Waals surface area (Å²) in [6.07, 6.45) is 2.19. The van der Waals surface area contributed by atoms with Crippen molar-refractivity contribution in [1.29, 1.82) is 0 Å². The topological polar surface area (TPSA) is 35.6 Å². The summed E-state index contributed by atoms with van der Waals surface area (Å²) in [5.74, 6) is 1.61. The average molecular weight is 297 g/mol. The van der Waals surface area contributed by atoms with E-state index in [-0.39, 0.29) is 6.04 Å². The fourth-order valence-corrected chi connectivity index (χ4v) is 2.65. The molecule has 1 aliphatic heterocycles. The molecule has 1 unspecified atom stereocenters. The molecule has 0 radical (unpaired) electrons. The molecule has 0 aromatic carbocycles. The third kappa shape index (κ3) is 6.79. The maximum absolute atomic E-state index is 12.8. The van der Waals surface area contributed by atoms with Gasteiger partial charge in [0, 0.05) is 39.3 Å². The van der Waals surface area contributed by atoms with E-state index < -0.39 is 0 Å². The second-order valence-electron chi connectivity index (χ2n) is 7.15. The summed E-state index contributed by atoms with van der Waals surface area (Å²) in [4.78, 5) is 17.3. The van der Waals surface area contributed by atoms with Crippen molar-refractivity contribution in [3.05, 3.63) is 0 Å². The van der Waals surface area contributed by atoms with Gasteiger partial charge in [-0.15, -0.1) is 0 Å². The molecule has 1 fully saturated rings. The second-order valence-corrected chi connectivity index (χ2v) is 7.15. The third-order valence-electron chi connectivity index (χ3n) is 4.32. The van der Waals surface area contributed by atoms with Gasteiger partial charge in [-0.1, -0.05) is 27.7 Å². The molecule has 1 atom stereocenters. The van der Waals surface area contributed by atoms with Gasteiger partial charge in [0.15, 0.2) is 0 Å². The Bertz CT molecular complexity index is 286. The van der Waals surface area contributed by atoms with Crippen LogP contribution in [-0.2, 0) is 4.79 Å². The van der Waals surface area contributed by atoms with Crippen molar-refractivity contribution in [1.82, 2.24) is 15.1 Å². The average Bonchev–Trinajstić information content (AvgIpc) is 2.46. The number of nitrogens with zero attached hydrogens (tertiary/aromatic N) is 2. The van der Waals surface area contributed by atoms with E-state index in [1.807, 2.05) is 0 Å². The van der Waals surface area contributed by atoms with Crippen LogP contribution in [0.2, 0.25) is 0 Å². The highest BCUT2D eigenvalue weighted by Gasteiger charge is 2.26. The Kier molecular flexibility index (Phi) is 8.27. The highest BCUT2D eigenvalue weighted by atomic mass is 16.2. The lowest BCUT2D eigenvalue weighted by Gasteiger charge is -2.35. The first-order valence-electron chi connectivity index (χ1n) is 8.65. The fraction of sp³-hybridized carbons (Fsp3) is 0.941. The van der Waals surface area contributed by atoms with E-state index in [0.29, 0.717) is 17.7 Å². The van der Waals surface area contributed by atoms with Crippen LogP contribution in [0.1, 0.15) is 47.5 Å². The van der Waals surface area contributed by atoms with E-state index in [4.69, 9.17) is 0 Å². The minimum absolute atomic E-state index is 0.0198. The Hall–Kier alpha value is -0.610. The van der Waals surface area contributed by atoms with Gasteiger partial charge in [-0.3, -0.25) is 9.69 Å². The van der Waals surface area contributed by atoms with Crippen molar-refractivity contribution >= 4 is 5.91 Å². The van der Waals surface area contributed by atoms with Gasteiger partial charge in [0.05, 0.1) is 6.04 Å². The van der Waals surface area contributed by atoms with Crippen LogP contribution in [0.4, 0.5) is 0 Å². The molecule has 1 aliphatic rings. The van der Waals surface area contributed by atoms with Crippen LogP contribution in [0.15, 0.2) is 0 Å². The van der Waals surface area contributed by atoms with Crippen molar-refractivity contribution in [2.75, 3.05) is 39.3 Å². The molecule has 0 spiro atoms. The molecule has 0 bridgehead atoms. The predicted octanol–water partition coefficient (Wildman–Crippen LogP) is 2.20. The lowest BCUT2D eigenvalue weighted by molar-refractivity contribution is -0.137. The first-order chi connectivity index (χ1) is 9.91. The monoisotopic (exact) mass is 297 g/mol. The first kappa shape index (κ1) is 18.4. The smallest absolute Gasteiger partial charge is 0.239 e. The van der Waals surface area contributed by atoms with Gasteiger partial charge in [0.25, 0.3) is 0 Å². The van der Waals surface area contributed by atoms with Crippen LogP contribution in [-0.4, -0.2) is 61.0 Å². The van der Waals surface area contributed by atoms with E-state index >= 15 is 0 Å². The zero-order valence-corrected chi connectivity index (χ0v) is 14.7. The number of piperazine rings is 1. The number of carbonyl (C=O) groups excluding carboxylic acids is 1. The maximum Gasteiger partial charge on any atom is 0.239 e. The molecule has 0 aromatic rings. The molecule has 1 amide bonds. The Morgan fingerprint density at radius 3 is 1.90 bits per heavy atom. The Balaban J connectivity index is 2.58. The maximum atomic E-state index is 12.8. The lowest BCUT2D eigenvalue weighted by Crippen LogP contribution is -2.53. The summed E-state index contributed by atoms with van der Waals surface area (Å²) < 4.78 is 0. The molecule has 1 rings (SSSR count). The van der Waals surface area contributed by atoms with Crippen LogP contribution in [0, 0.1) is 11.8 Å². The van der Waals surface area contributed by atoms with Crippen LogP contribution in [0.25, 0.3) is 0 Å². The van der Waals surface area contributed by atoms with Gasteiger partial charge >= 0.3 is 0 Å². The number of amides is 1. The van der Waals surface area contributed by atoms with E-state index in [9.17, 15) is 4.79 Å². The van der Waals surface area contributed by atoms with Gasteiger partial charge in [0.2, 0.25) is 5.91 Å². The minimum Gasteiger partial charge on any atom is -0.341 e. The largest absolute Gasteiger partial charge is 0.341 e. The lowest BCUT2D eigenvalue weighted by atomic mass is 10.1. The summed E-state index contributed by atoms with van der Waals surface area (Å²) in [6, 6.07) is 0.0198. The van der Waals surface area contributed by atoms with Gasteiger partial charge in [-0.2, -0.15) is 0 Å². The molecule has 4 heteroatoms. The van der Waals surface area contributed by atoms with Gasteiger partial charge in [0.1, 0.15) is 0 Å². The number of hydrogen-bond donors (Lipinski definition) is 1. The zero-order valence-electron chi connectivity index (χ0n) is 14.7. The molecular weight excluding hydrogens is 262 g/mol. The van der Waals surface area contributed by atoms with E-state index in [2.05, 4.69) is 49.7 Å². The number of hydrogen-bond acceptors (Lipinski definition) is 3. The summed E-state index contributed by atoms with van der Waals surface area (Å²) in [5, 5.41) is 3.35. The molecule has 0 aromatic heterocycles. The molecular formula is C17H35N3O. The SMILES string of the molecule is CC(C)CCN(CCC(C)C)C(=O)C(C)N1CCNCC1. The fourth-order valence-electron chi connectivity index (χ4n) is 2.65. The van der Waals surface area contributed by atoms with Crippen LogP contribution in [0.3, 0.4) is 0 Å². The van der Waals surface area contributed by atoms with E-state index in [1.165, 1.54) is 0 Å². The Morgan fingerprint density at radius 1 is 1.00 bits per heavy atom. The van der Waals surface area contributed by atoms with Crippen LogP contribution >= 0.6 is 0 Å². The number of nitrogens with one attached hydrogen (secondary N) is 1. The van der Waals surface area contributed by atoms with Crippen LogP contribution < -0.4 is 5.32 Å². The van der Waals surface area contributed by atoms with Crippen molar-refractivity contribution in [2.24, 2.45) is 11.8 Å². The summed E-state index contributed by atoms with van der Waals surface area (Å²) in [7, 11) is 0. The van der Waals surface area contributed by atoms with E-state index in [1.54, 1.807) is 0 Å². The Morgan fingerprint density at radius 2 is 1.48 bits per heavy atom. The Labute approximate surface area is 131 Å². The zero-order chi connectivity index (χ0) is 15.8. The quantitative estimate of drug-likeness (QED) is 0.746. The van der Waals surface area contributed by atoms with Crippen molar-refractivity contribution in [2.45, 2.75) is 53.5 Å². The standard InChI is InChI=1S/C17H35N3O/c1-14(2)6-10-20(11-7-15(3)4)17(21)16(5)19-12-8-18-9-13-19/h14-16,18H,6-13H2,1-5H3. The second kappa shape index (κ2) is 9.42. The highest BCUT2D eigenvalue weighted by Crippen LogP contribution is 2.11. The van der Waals surface area contributed by atoms with E-state index in [0.717, 1.165) is 52.1 Å². The number of carbonyl (C=O) groups is 1.